The number of nitrogens with zero attached hydrogens (tertiary/aromatic N) is 11. The summed E-state index contributed by atoms with van der Waals surface area (Å²) in [5.74, 6) is -2.62. The number of amides is 2. The number of hydrogen-bond donors (Lipinski definition) is 4. The molecular formula is C51H69ClN12O9. The first-order valence-electron chi connectivity index (χ1n) is 25.3. The summed E-state index contributed by atoms with van der Waals surface area (Å²) in [6.45, 7) is 18.7. The number of fused-ring (bicyclic) bond motifs is 2. The minimum atomic E-state index is -1.02. The van der Waals surface area contributed by atoms with Gasteiger partial charge in [-0.15, -0.1) is 0 Å². The molecule has 0 radical (unpaired) electrons. The molecule has 2 aromatic carbocycles. The monoisotopic (exact) mass is 1030 g/mol. The van der Waals surface area contributed by atoms with Crippen LogP contribution in [0.3, 0.4) is 0 Å². The number of likely N-dealkylation sites (tertiary alicyclic amines) is 1. The molecule has 0 aliphatic carbocycles. The fourth-order valence-electron chi connectivity index (χ4n) is 10.4. The van der Waals surface area contributed by atoms with Crippen molar-refractivity contribution in [1.82, 2.24) is 44.7 Å². The Balaban J connectivity index is 0.954. The zero-order chi connectivity index (χ0) is 51.9. The predicted molar refractivity (Wildman–Crippen MR) is 276 cm³/mol. The molecule has 21 nitrogen and oxygen atoms in total. The van der Waals surface area contributed by atoms with Gasteiger partial charge in [0.05, 0.1) is 43.4 Å². The molecule has 0 bridgehead atoms. The van der Waals surface area contributed by atoms with Gasteiger partial charge in [-0.05, 0) is 68.8 Å². The van der Waals surface area contributed by atoms with E-state index in [0.717, 1.165) is 78.9 Å². The van der Waals surface area contributed by atoms with Crippen molar-refractivity contribution >= 4 is 63.6 Å². The minimum Gasteiger partial charge on any atom is -0.480 e. The van der Waals surface area contributed by atoms with Crippen LogP contribution in [0.1, 0.15) is 36.9 Å². The maximum absolute atomic E-state index is 13.3. The molecule has 4 aliphatic heterocycles. The standard InChI is InChI=1S/C51H69ClN12O9/c1-3-45(66)64-28-27-63(30-39(64)29-53-2)50-40-14-18-62(43-13-7-10-37-9-6-12-41(52)49(37)43)31-42(40)55-51(56-50)73-36-38-11-8-17-61(38)16-5-4-15-54-44(65)32-57-19-21-58(33-46(67)68)23-25-60(35-48(71)72)26-24-59(22-20-57)34-47(69)70/h3,6-7,9-10,12-13,38-39H,1,4-5,8,11,14-36H2,(H,54,65)(H,67,68)(H,69,70)(H,71,72)/t38-,39-/m0/s1. The number of benzene rings is 2. The molecule has 7 rings (SSSR count). The van der Waals surface area contributed by atoms with E-state index in [0.29, 0.717) is 103 Å². The fraction of sp³-hybridized carbons (Fsp3) is 0.569. The van der Waals surface area contributed by atoms with Gasteiger partial charge in [-0.2, -0.15) is 9.97 Å². The number of aliphatic carboxylic acids is 3. The van der Waals surface area contributed by atoms with E-state index >= 15 is 0 Å². The van der Waals surface area contributed by atoms with Crippen LogP contribution in [-0.4, -0.2) is 234 Å². The normalized spacial score (nSPS) is 20.1. The van der Waals surface area contributed by atoms with E-state index in [1.807, 2.05) is 23.1 Å². The van der Waals surface area contributed by atoms with Gasteiger partial charge in [0.15, 0.2) is 0 Å². The smallest absolute Gasteiger partial charge is 0.318 e. The Morgan fingerprint density at radius 2 is 1.41 bits per heavy atom. The predicted octanol–water partition coefficient (Wildman–Crippen LogP) is 2.18. The molecule has 0 spiro atoms. The molecule has 394 valence electrons. The molecule has 5 heterocycles. The third-order valence-corrected chi connectivity index (χ3v) is 14.5. The second kappa shape index (κ2) is 26.7. The SMILES string of the molecule is [C-]#[N+]C[C@H]1CN(c2nc(OC[C@@H]3CCCN3CCCCNC(=O)CN3CCN(CC(=O)O)CCN(CC(=O)O)CCN(CC(=O)O)CC3)nc3c2CCN(c2cccc4cccc(Cl)c24)C3)CCN1C(=O)C=C. The summed E-state index contributed by atoms with van der Waals surface area (Å²) in [5.41, 5.74) is 2.93. The highest BCUT2D eigenvalue weighted by atomic mass is 35.5. The first kappa shape index (κ1) is 54.6. The van der Waals surface area contributed by atoms with Gasteiger partial charge in [-0.1, -0.05) is 42.4 Å². The average Bonchev–Trinajstić information content (AvgIpc) is 3.82. The van der Waals surface area contributed by atoms with Crippen LogP contribution in [0.5, 0.6) is 6.01 Å². The van der Waals surface area contributed by atoms with E-state index in [1.54, 1.807) is 19.6 Å². The summed E-state index contributed by atoms with van der Waals surface area (Å²) >= 11 is 6.79. The first-order valence-corrected chi connectivity index (χ1v) is 25.7. The number of carboxylic acid groups (broad SMARTS) is 3. The topological polar surface area (TPSA) is 223 Å². The lowest BCUT2D eigenvalue weighted by atomic mass is 10.0. The largest absolute Gasteiger partial charge is 0.480 e. The molecule has 22 heteroatoms. The summed E-state index contributed by atoms with van der Waals surface area (Å²) in [6, 6.07) is 12.2. The van der Waals surface area contributed by atoms with Crippen LogP contribution >= 0.6 is 11.6 Å². The number of piperazine rings is 1. The zero-order valence-corrected chi connectivity index (χ0v) is 42.3. The molecular weight excluding hydrogens is 960 g/mol. The molecule has 4 aliphatic rings. The molecule has 3 fully saturated rings. The average molecular weight is 1030 g/mol. The van der Waals surface area contributed by atoms with Crippen LogP contribution in [0.4, 0.5) is 11.5 Å². The van der Waals surface area contributed by atoms with Crippen LogP contribution in [0.25, 0.3) is 15.6 Å². The van der Waals surface area contributed by atoms with Crippen LogP contribution < -0.4 is 19.9 Å². The summed E-state index contributed by atoms with van der Waals surface area (Å²) in [4.78, 5) is 90.5. The van der Waals surface area contributed by atoms with Crippen LogP contribution in [0.15, 0.2) is 49.1 Å². The van der Waals surface area contributed by atoms with Crippen molar-refractivity contribution in [1.29, 1.82) is 0 Å². The Morgan fingerprint density at radius 3 is 2.03 bits per heavy atom. The maximum Gasteiger partial charge on any atom is 0.318 e. The van der Waals surface area contributed by atoms with Gasteiger partial charge in [-0.25, -0.2) is 6.57 Å². The van der Waals surface area contributed by atoms with Gasteiger partial charge in [0, 0.05) is 108 Å². The lowest BCUT2D eigenvalue weighted by molar-refractivity contribution is -0.140. The minimum absolute atomic E-state index is 0.0628. The van der Waals surface area contributed by atoms with E-state index in [2.05, 4.69) is 49.6 Å². The number of carboxylic acids is 3. The van der Waals surface area contributed by atoms with Crippen molar-refractivity contribution in [2.75, 3.05) is 147 Å². The van der Waals surface area contributed by atoms with Crippen LogP contribution in [0.2, 0.25) is 5.02 Å². The quantitative estimate of drug-likeness (QED) is 0.0724. The van der Waals surface area contributed by atoms with Gasteiger partial charge >= 0.3 is 23.9 Å². The van der Waals surface area contributed by atoms with Gasteiger partial charge in [0.25, 0.3) is 0 Å². The Hall–Kier alpha value is -6.15. The number of nitrogens with one attached hydrogen (secondary N) is 1. The number of hydrogen-bond acceptors (Lipinski definition) is 15. The number of halogens is 1. The van der Waals surface area contributed by atoms with E-state index in [9.17, 15) is 39.3 Å². The second-order valence-corrected chi connectivity index (χ2v) is 19.6. The van der Waals surface area contributed by atoms with E-state index in [4.69, 9.17) is 32.9 Å². The molecule has 3 aromatic rings. The van der Waals surface area contributed by atoms with E-state index < -0.39 is 17.9 Å². The molecule has 4 N–H and O–H groups in total. The number of aromatic nitrogens is 2. The fourth-order valence-corrected chi connectivity index (χ4v) is 10.7. The van der Waals surface area contributed by atoms with Crippen LogP contribution in [-0.2, 0) is 36.9 Å². The highest BCUT2D eigenvalue weighted by Crippen LogP contribution is 2.37. The van der Waals surface area contributed by atoms with E-state index in [-0.39, 0.29) is 62.6 Å². The molecule has 1 aromatic heterocycles. The summed E-state index contributed by atoms with van der Waals surface area (Å²) in [7, 11) is 0. The Bertz CT molecular complexity index is 2440. The lowest BCUT2D eigenvalue weighted by Gasteiger charge is -2.41. The highest BCUT2D eigenvalue weighted by Gasteiger charge is 2.35. The number of ether oxygens (including phenoxy) is 1. The summed E-state index contributed by atoms with van der Waals surface area (Å²) < 4.78 is 6.54. The van der Waals surface area contributed by atoms with Gasteiger partial charge < -0.3 is 44.9 Å². The Kier molecular flexibility index (Phi) is 20.0. The third-order valence-electron chi connectivity index (χ3n) is 14.2. The maximum atomic E-state index is 13.3. The number of unbranched alkanes of at least 4 members (excludes halogenated alkanes) is 1. The van der Waals surface area contributed by atoms with Crippen molar-refractivity contribution in [2.45, 2.75) is 50.7 Å². The second-order valence-electron chi connectivity index (χ2n) is 19.2. The number of rotatable bonds is 20. The van der Waals surface area contributed by atoms with Crippen molar-refractivity contribution < 1.29 is 44.0 Å². The van der Waals surface area contributed by atoms with Crippen molar-refractivity contribution in [2.24, 2.45) is 0 Å². The lowest BCUT2D eigenvalue weighted by Crippen LogP contribution is -2.56. The van der Waals surface area contributed by atoms with Crippen molar-refractivity contribution in [3.05, 3.63) is 76.8 Å². The highest BCUT2D eigenvalue weighted by molar-refractivity contribution is 6.36. The molecule has 0 unspecified atom stereocenters. The van der Waals surface area contributed by atoms with Crippen molar-refractivity contribution in [3.63, 3.8) is 0 Å². The molecule has 73 heavy (non-hydrogen) atoms. The number of anilines is 2. The Morgan fingerprint density at radius 1 is 0.781 bits per heavy atom. The van der Waals surface area contributed by atoms with Crippen molar-refractivity contribution in [3.8, 4) is 6.01 Å². The van der Waals surface area contributed by atoms with Gasteiger partial charge in [0.1, 0.15) is 18.5 Å². The van der Waals surface area contributed by atoms with Gasteiger partial charge in [-0.3, -0.25) is 48.5 Å². The van der Waals surface area contributed by atoms with E-state index in [1.165, 1.54) is 6.08 Å². The molecule has 0 saturated carbocycles. The zero-order valence-electron chi connectivity index (χ0n) is 41.6. The summed E-state index contributed by atoms with van der Waals surface area (Å²) in [6.07, 6.45) is 5.54. The molecule has 2 amide bonds. The van der Waals surface area contributed by atoms with Gasteiger partial charge in [0.2, 0.25) is 18.4 Å². The number of carbonyl (C=O) groups is 5. The first-order chi connectivity index (χ1) is 35.3. The molecule has 3 saturated heterocycles. The van der Waals surface area contributed by atoms with Crippen LogP contribution in [0, 0.1) is 6.57 Å². The summed E-state index contributed by atoms with van der Waals surface area (Å²) in [5, 5.41) is 34.3. The Labute approximate surface area is 431 Å². The molecule has 2 atom stereocenters. The number of carbonyl (C=O) groups excluding carboxylic acids is 2. The third kappa shape index (κ3) is 15.4.